The maximum atomic E-state index is 12.8. The number of hydrogen-bond donors (Lipinski definition) is 0. The molecule has 9 heteroatoms. The SMILES string of the molecule is O=C(Cn1cnc2c(oc3ccccc32)c1=O)N1CCN(c2ncccn2)CC1. The van der Waals surface area contributed by atoms with Gasteiger partial charge in [0.25, 0.3) is 5.56 Å². The number of amides is 1. The fourth-order valence-electron chi connectivity index (χ4n) is 3.58. The number of piperazine rings is 1. The van der Waals surface area contributed by atoms with Crippen LogP contribution in [0.5, 0.6) is 0 Å². The highest BCUT2D eigenvalue weighted by atomic mass is 16.3. The highest BCUT2D eigenvalue weighted by Crippen LogP contribution is 2.24. The third kappa shape index (κ3) is 3.10. The summed E-state index contributed by atoms with van der Waals surface area (Å²) in [5.74, 6) is 0.536. The molecule has 1 amide bonds. The Bertz CT molecular complexity index is 1240. The normalized spacial score (nSPS) is 14.6. The molecule has 0 unspecified atom stereocenters. The van der Waals surface area contributed by atoms with Crippen LogP contribution in [-0.2, 0) is 11.3 Å². The van der Waals surface area contributed by atoms with E-state index in [1.54, 1.807) is 29.4 Å². The molecule has 3 aromatic heterocycles. The molecule has 29 heavy (non-hydrogen) atoms. The van der Waals surface area contributed by atoms with Gasteiger partial charge in [-0.1, -0.05) is 12.1 Å². The Morgan fingerprint density at radius 1 is 1.00 bits per heavy atom. The lowest BCUT2D eigenvalue weighted by atomic mass is 10.2. The molecule has 9 nitrogen and oxygen atoms in total. The summed E-state index contributed by atoms with van der Waals surface area (Å²) in [5, 5.41) is 0.789. The van der Waals surface area contributed by atoms with Crippen molar-refractivity contribution < 1.29 is 9.21 Å². The summed E-state index contributed by atoms with van der Waals surface area (Å²) in [6.45, 7) is 2.32. The number of rotatable bonds is 3. The Kier molecular flexibility index (Phi) is 4.19. The second kappa shape index (κ2) is 7.01. The number of nitrogens with zero attached hydrogens (tertiary/aromatic N) is 6. The Balaban J connectivity index is 1.32. The number of carbonyl (C=O) groups excluding carboxylic acids is 1. The number of hydrogen-bond acceptors (Lipinski definition) is 7. The van der Waals surface area contributed by atoms with E-state index in [9.17, 15) is 9.59 Å². The zero-order valence-corrected chi connectivity index (χ0v) is 15.6. The van der Waals surface area contributed by atoms with Crippen molar-refractivity contribution in [2.45, 2.75) is 6.54 Å². The van der Waals surface area contributed by atoms with E-state index >= 15 is 0 Å². The first-order chi connectivity index (χ1) is 14.2. The van der Waals surface area contributed by atoms with Crippen LogP contribution in [0.25, 0.3) is 22.1 Å². The van der Waals surface area contributed by atoms with Crippen LogP contribution in [0, 0.1) is 0 Å². The van der Waals surface area contributed by atoms with E-state index in [2.05, 4.69) is 15.0 Å². The van der Waals surface area contributed by atoms with E-state index in [-0.39, 0.29) is 23.6 Å². The van der Waals surface area contributed by atoms with Crippen LogP contribution in [0.3, 0.4) is 0 Å². The van der Waals surface area contributed by atoms with E-state index in [1.807, 2.05) is 23.1 Å². The number of aromatic nitrogens is 4. The van der Waals surface area contributed by atoms with E-state index in [1.165, 1.54) is 10.9 Å². The molecule has 0 N–H and O–H groups in total. The Labute approximate surface area is 165 Å². The standard InChI is InChI=1S/C20H18N6O3/c27-16(24-8-10-25(11-9-24)20-21-6-3-7-22-20)12-26-13-23-17-14-4-1-2-5-15(14)29-18(17)19(26)28/h1-7,13H,8-12H2. The zero-order valence-electron chi connectivity index (χ0n) is 15.6. The third-order valence-corrected chi connectivity index (χ3v) is 5.12. The predicted molar refractivity (Wildman–Crippen MR) is 107 cm³/mol. The first-order valence-corrected chi connectivity index (χ1v) is 9.37. The van der Waals surface area contributed by atoms with Crippen molar-refractivity contribution >= 4 is 33.9 Å². The number of furan rings is 1. The average Bonchev–Trinajstić information content (AvgIpc) is 3.16. The van der Waals surface area contributed by atoms with Gasteiger partial charge in [0.2, 0.25) is 17.4 Å². The number of para-hydroxylation sites is 1. The molecule has 1 aliphatic rings. The molecule has 5 rings (SSSR count). The van der Waals surface area contributed by atoms with Crippen LogP contribution in [-0.4, -0.2) is 56.5 Å². The Hall–Kier alpha value is -3.75. The van der Waals surface area contributed by atoms with Gasteiger partial charge >= 0.3 is 0 Å². The third-order valence-electron chi connectivity index (χ3n) is 5.12. The van der Waals surface area contributed by atoms with Gasteiger partial charge < -0.3 is 14.2 Å². The van der Waals surface area contributed by atoms with Crippen LogP contribution in [0.2, 0.25) is 0 Å². The van der Waals surface area contributed by atoms with Gasteiger partial charge in [-0.25, -0.2) is 15.0 Å². The highest BCUT2D eigenvalue weighted by Gasteiger charge is 2.23. The van der Waals surface area contributed by atoms with Crippen molar-refractivity contribution in [1.29, 1.82) is 0 Å². The molecule has 1 aromatic carbocycles. The number of anilines is 1. The summed E-state index contributed by atoms with van der Waals surface area (Å²) in [4.78, 5) is 42.1. The van der Waals surface area contributed by atoms with Crippen LogP contribution >= 0.6 is 0 Å². The van der Waals surface area contributed by atoms with Crippen molar-refractivity contribution in [2.75, 3.05) is 31.1 Å². The van der Waals surface area contributed by atoms with Crippen molar-refractivity contribution in [3.63, 3.8) is 0 Å². The maximum Gasteiger partial charge on any atom is 0.297 e. The molecule has 1 fully saturated rings. The fraction of sp³-hybridized carbons (Fsp3) is 0.250. The number of fused-ring (bicyclic) bond motifs is 3. The summed E-state index contributed by atoms with van der Waals surface area (Å²) in [6, 6.07) is 9.13. The molecule has 0 saturated carbocycles. The monoisotopic (exact) mass is 390 g/mol. The van der Waals surface area contributed by atoms with Crippen LogP contribution in [0.15, 0.2) is 58.3 Å². The van der Waals surface area contributed by atoms with E-state index in [0.717, 1.165) is 5.39 Å². The summed E-state index contributed by atoms with van der Waals surface area (Å²) >= 11 is 0. The molecule has 1 saturated heterocycles. The molecule has 0 aliphatic carbocycles. The number of benzene rings is 1. The largest absolute Gasteiger partial charge is 0.448 e. The molecular formula is C20H18N6O3. The zero-order chi connectivity index (χ0) is 19.8. The van der Waals surface area contributed by atoms with Gasteiger partial charge in [0.05, 0.1) is 6.33 Å². The van der Waals surface area contributed by atoms with Gasteiger partial charge in [0, 0.05) is 44.0 Å². The Morgan fingerprint density at radius 2 is 1.76 bits per heavy atom. The van der Waals surface area contributed by atoms with Gasteiger partial charge in [0.15, 0.2) is 0 Å². The fourth-order valence-corrected chi connectivity index (χ4v) is 3.58. The van der Waals surface area contributed by atoms with Crippen LogP contribution in [0.1, 0.15) is 0 Å². The summed E-state index contributed by atoms with van der Waals surface area (Å²) in [5.41, 5.74) is 0.949. The molecule has 146 valence electrons. The van der Waals surface area contributed by atoms with E-state index in [4.69, 9.17) is 4.42 Å². The van der Waals surface area contributed by atoms with Crippen molar-refractivity contribution in [3.05, 3.63) is 59.4 Å². The lowest BCUT2D eigenvalue weighted by Gasteiger charge is -2.34. The molecule has 1 aliphatic heterocycles. The van der Waals surface area contributed by atoms with Crippen molar-refractivity contribution in [3.8, 4) is 0 Å². The van der Waals surface area contributed by atoms with Crippen LogP contribution < -0.4 is 10.5 Å². The lowest BCUT2D eigenvalue weighted by Crippen LogP contribution is -2.50. The summed E-state index contributed by atoms with van der Waals surface area (Å²) in [6.07, 6.45) is 4.82. The van der Waals surface area contributed by atoms with Crippen LogP contribution in [0.4, 0.5) is 5.95 Å². The second-order valence-electron chi connectivity index (χ2n) is 6.87. The smallest absolute Gasteiger partial charge is 0.297 e. The minimum absolute atomic E-state index is 0.0688. The van der Waals surface area contributed by atoms with Crippen molar-refractivity contribution in [1.82, 2.24) is 24.4 Å². The molecule has 0 atom stereocenters. The summed E-state index contributed by atoms with van der Waals surface area (Å²) in [7, 11) is 0. The van der Waals surface area contributed by atoms with Gasteiger partial charge in [0.1, 0.15) is 17.6 Å². The molecule has 4 heterocycles. The second-order valence-corrected chi connectivity index (χ2v) is 6.87. The van der Waals surface area contributed by atoms with Gasteiger partial charge in [-0.05, 0) is 18.2 Å². The predicted octanol–water partition coefficient (Wildman–Crippen LogP) is 1.28. The quantitative estimate of drug-likeness (QED) is 0.520. The van der Waals surface area contributed by atoms with E-state index in [0.29, 0.717) is 43.2 Å². The van der Waals surface area contributed by atoms with Gasteiger partial charge in [-0.2, -0.15) is 0 Å². The maximum absolute atomic E-state index is 12.8. The summed E-state index contributed by atoms with van der Waals surface area (Å²) < 4.78 is 6.98. The van der Waals surface area contributed by atoms with E-state index < -0.39 is 0 Å². The molecule has 0 radical (unpaired) electrons. The minimum atomic E-state index is -0.351. The molecular weight excluding hydrogens is 372 g/mol. The molecule has 0 spiro atoms. The van der Waals surface area contributed by atoms with Gasteiger partial charge in [-0.15, -0.1) is 0 Å². The molecule has 0 bridgehead atoms. The first-order valence-electron chi connectivity index (χ1n) is 9.37. The minimum Gasteiger partial charge on any atom is -0.448 e. The molecule has 4 aromatic rings. The average molecular weight is 390 g/mol. The van der Waals surface area contributed by atoms with Crippen molar-refractivity contribution in [2.24, 2.45) is 0 Å². The number of carbonyl (C=O) groups is 1. The van der Waals surface area contributed by atoms with Gasteiger partial charge in [-0.3, -0.25) is 14.2 Å². The first kappa shape index (κ1) is 17.4. The topological polar surface area (TPSA) is 97.4 Å². The lowest BCUT2D eigenvalue weighted by molar-refractivity contribution is -0.132. The Morgan fingerprint density at radius 3 is 2.55 bits per heavy atom. The highest BCUT2D eigenvalue weighted by molar-refractivity contribution is 6.01.